The van der Waals surface area contributed by atoms with Gasteiger partial charge in [0, 0.05) is 44.3 Å². The normalized spacial score (nSPS) is 15.6. The summed E-state index contributed by atoms with van der Waals surface area (Å²) >= 11 is 0. The van der Waals surface area contributed by atoms with Gasteiger partial charge in [-0.1, -0.05) is 6.07 Å². The lowest BCUT2D eigenvalue weighted by atomic mass is 10.0. The lowest BCUT2D eigenvalue weighted by Gasteiger charge is -2.18. The van der Waals surface area contributed by atoms with E-state index in [1.807, 2.05) is 24.3 Å². The third-order valence-corrected chi connectivity index (χ3v) is 5.82. The van der Waals surface area contributed by atoms with E-state index in [-0.39, 0.29) is 12.3 Å². The number of imidazole rings is 1. The third kappa shape index (κ3) is 2.71. The van der Waals surface area contributed by atoms with E-state index in [2.05, 4.69) is 15.3 Å². The van der Waals surface area contributed by atoms with Crippen LogP contribution in [0.3, 0.4) is 0 Å². The molecular weight excluding hydrogens is 408 g/mol. The SMILES string of the molecule is CN/C=C(\C=N)c1c(OC)cc2ncc3c4c2c1OCC(c1ccccn1)n4c(=O)n3C. The van der Waals surface area contributed by atoms with E-state index in [0.29, 0.717) is 39.1 Å². The largest absolute Gasteiger partial charge is 0.496 e. The second-order valence-electron chi connectivity index (χ2n) is 7.49. The maximum Gasteiger partial charge on any atom is 0.329 e. The molecule has 9 heteroatoms. The zero-order valence-electron chi connectivity index (χ0n) is 17.9. The van der Waals surface area contributed by atoms with Crippen molar-refractivity contribution in [1.82, 2.24) is 24.4 Å². The van der Waals surface area contributed by atoms with Crippen LogP contribution in [0.15, 0.2) is 47.7 Å². The molecule has 1 atom stereocenters. The summed E-state index contributed by atoms with van der Waals surface area (Å²) in [5.74, 6) is 1.06. The van der Waals surface area contributed by atoms with Crippen molar-refractivity contribution in [2.24, 2.45) is 7.05 Å². The maximum absolute atomic E-state index is 13.4. The van der Waals surface area contributed by atoms with Crippen LogP contribution < -0.4 is 20.5 Å². The fraction of sp³-hybridized carbons (Fsp3) is 0.217. The topological polar surface area (TPSA) is 107 Å². The van der Waals surface area contributed by atoms with Crippen LogP contribution in [0.2, 0.25) is 0 Å². The second-order valence-corrected chi connectivity index (χ2v) is 7.49. The van der Waals surface area contributed by atoms with Crippen molar-refractivity contribution in [3.05, 3.63) is 64.6 Å². The Morgan fingerprint density at radius 1 is 1.38 bits per heavy atom. The van der Waals surface area contributed by atoms with Gasteiger partial charge in [-0.15, -0.1) is 0 Å². The first-order chi connectivity index (χ1) is 15.6. The highest BCUT2D eigenvalue weighted by Crippen LogP contribution is 2.45. The number of hydrogen-bond donors (Lipinski definition) is 2. The van der Waals surface area contributed by atoms with E-state index in [1.54, 1.807) is 48.9 Å². The molecule has 4 aromatic rings. The zero-order valence-corrected chi connectivity index (χ0v) is 17.9. The van der Waals surface area contributed by atoms with E-state index in [4.69, 9.17) is 14.9 Å². The number of rotatable bonds is 5. The van der Waals surface area contributed by atoms with Crippen molar-refractivity contribution >= 4 is 33.7 Å². The van der Waals surface area contributed by atoms with Crippen molar-refractivity contribution in [3.63, 3.8) is 0 Å². The van der Waals surface area contributed by atoms with Crippen molar-refractivity contribution in [2.45, 2.75) is 6.04 Å². The van der Waals surface area contributed by atoms with Crippen molar-refractivity contribution in [2.75, 3.05) is 20.8 Å². The summed E-state index contributed by atoms with van der Waals surface area (Å²) in [6, 6.07) is 7.00. The predicted molar refractivity (Wildman–Crippen MR) is 123 cm³/mol. The minimum absolute atomic E-state index is 0.170. The molecule has 1 unspecified atom stereocenters. The van der Waals surface area contributed by atoms with Gasteiger partial charge in [-0.2, -0.15) is 0 Å². The van der Waals surface area contributed by atoms with Crippen molar-refractivity contribution in [3.8, 4) is 11.5 Å². The van der Waals surface area contributed by atoms with Gasteiger partial charge in [-0.05, 0) is 12.1 Å². The van der Waals surface area contributed by atoms with Gasteiger partial charge in [0.05, 0.1) is 46.5 Å². The van der Waals surface area contributed by atoms with E-state index in [9.17, 15) is 4.79 Å². The highest BCUT2D eigenvalue weighted by Gasteiger charge is 2.31. The minimum atomic E-state index is -0.430. The van der Waals surface area contributed by atoms with Gasteiger partial charge in [0.2, 0.25) is 0 Å². The van der Waals surface area contributed by atoms with E-state index in [0.717, 1.165) is 11.2 Å². The van der Waals surface area contributed by atoms with Gasteiger partial charge in [0.25, 0.3) is 0 Å². The first kappa shape index (κ1) is 19.8. The second kappa shape index (κ2) is 7.52. The predicted octanol–water partition coefficient (Wildman–Crippen LogP) is 2.48. The summed E-state index contributed by atoms with van der Waals surface area (Å²) in [6.07, 6.45) is 6.36. The smallest absolute Gasteiger partial charge is 0.329 e. The van der Waals surface area contributed by atoms with E-state index < -0.39 is 6.04 Å². The van der Waals surface area contributed by atoms with Crippen LogP contribution in [-0.4, -0.2) is 46.1 Å². The first-order valence-corrected chi connectivity index (χ1v) is 10.1. The summed E-state index contributed by atoms with van der Waals surface area (Å²) < 4.78 is 15.4. The number of aryl methyl sites for hydroxylation is 1. The molecule has 0 bridgehead atoms. The standard InChI is InChI=1S/C23H22N6O3/c1-25-10-13(9-24)19-18(31-3)8-15-20-21-16(11-27-15)28(2)23(30)29(21)17(12-32-22(19)20)14-6-4-5-7-26-14/h4-11,17,24-25H,12H2,1-3H3/b13-10+,24-9?. The number of benzene rings is 1. The molecule has 162 valence electrons. The Labute approximate surface area is 183 Å². The number of ether oxygens (including phenoxy) is 2. The summed E-state index contributed by atoms with van der Waals surface area (Å²) in [4.78, 5) is 22.5. The molecule has 9 nitrogen and oxygen atoms in total. The number of nitrogens with one attached hydrogen (secondary N) is 2. The average Bonchev–Trinajstić information content (AvgIpc) is 2.97. The van der Waals surface area contributed by atoms with Gasteiger partial charge >= 0.3 is 5.69 Å². The van der Waals surface area contributed by atoms with E-state index in [1.165, 1.54) is 6.21 Å². The van der Waals surface area contributed by atoms with Gasteiger partial charge in [0.15, 0.2) is 0 Å². The fourth-order valence-electron chi connectivity index (χ4n) is 4.36. The molecule has 0 fully saturated rings. The molecule has 1 aliphatic rings. The molecule has 0 radical (unpaired) electrons. The zero-order chi connectivity index (χ0) is 22.4. The molecule has 0 saturated carbocycles. The lowest BCUT2D eigenvalue weighted by molar-refractivity contribution is 0.273. The molecule has 0 aliphatic carbocycles. The average molecular weight is 430 g/mol. The van der Waals surface area contributed by atoms with Crippen LogP contribution in [0.4, 0.5) is 0 Å². The molecule has 0 amide bonds. The summed E-state index contributed by atoms with van der Waals surface area (Å²) in [5.41, 5.74) is 3.83. The highest BCUT2D eigenvalue weighted by atomic mass is 16.5. The van der Waals surface area contributed by atoms with Gasteiger partial charge < -0.3 is 20.2 Å². The number of nitrogens with zero attached hydrogens (tertiary/aromatic N) is 4. The van der Waals surface area contributed by atoms with Crippen LogP contribution >= 0.6 is 0 Å². The number of pyridine rings is 2. The van der Waals surface area contributed by atoms with Crippen molar-refractivity contribution in [1.29, 1.82) is 5.41 Å². The number of allylic oxidation sites excluding steroid dienone is 1. The first-order valence-electron chi connectivity index (χ1n) is 10.1. The molecule has 0 saturated heterocycles. The molecule has 32 heavy (non-hydrogen) atoms. The Hall–Kier alpha value is -4.14. The highest BCUT2D eigenvalue weighted by molar-refractivity contribution is 6.16. The minimum Gasteiger partial charge on any atom is -0.496 e. The van der Waals surface area contributed by atoms with Crippen LogP contribution in [0.1, 0.15) is 17.3 Å². The van der Waals surface area contributed by atoms with E-state index >= 15 is 0 Å². The van der Waals surface area contributed by atoms with Gasteiger partial charge in [-0.3, -0.25) is 19.1 Å². The third-order valence-electron chi connectivity index (χ3n) is 5.82. The molecular formula is C23H22N6O3. The Morgan fingerprint density at radius 3 is 2.91 bits per heavy atom. The molecule has 4 heterocycles. The van der Waals surface area contributed by atoms with Crippen LogP contribution in [0, 0.1) is 5.41 Å². The molecule has 0 spiro atoms. The number of aromatic nitrogens is 4. The fourth-order valence-corrected chi connectivity index (χ4v) is 4.36. The van der Waals surface area contributed by atoms with Crippen LogP contribution in [0.25, 0.3) is 27.5 Å². The maximum atomic E-state index is 13.4. The molecule has 2 N–H and O–H groups in total. The Balaban J connectivity index is 1.96. The monoisotopic (exact) mass is 430 g/mol. The molecule has 1 aliphatic heterocycles. The molecule has 1 aromatic carbocycles. The summed E-state index contributed by atoms with van der Waals surface area (Å²) in [5, 5.41) is 11.6. The lowest BCUT2D eigenvalue weighted by Crippen LogP contribution is -2.30. The van der Waals surface area contributed by atoms with Gasteiger partial charge in [-0.25, -0.2) is 4.79 Å². The molecule has 3 aromatic heterocycles. The Morgan fingerprint density at radius 2 is 2.22 bits per heavy atom. The number of methoxy groups -OCH3 is 1. The Bertz CT molecular complexity index is 1450. The Kier molecular flexibility index (Phi) is 4.66. The summed E-state index contributed by atoms with van der Waals surface area (Å²) in [7, 11) is 5.07. The molecule has 5 rings (SSSR count). The quantitative estimate of drug-likeness (QED) is 0.471. The van der Waals surface area contributed by atoms with Gasteiger partial charge in [0.1, 0.15) is 24.1 Å². The van der Waals surface area contributed by atoms with Crippen molar-refractivity contribution < 1.29 is 9.47 Å². The van der Waals surface area contributed by atoms with Crippen LogP contribution in [-0.2, 0) is 7.05 Å². The van der Waals surface area contributed by atoms with Crippen LogP contribution in [0.5, 0.6) is 11.5 Å². The summed E-state index contributed by atoms with van der Waals surface area (Å²) in [6.45, 7) is 0.185. The number of hydrogen-bond acceptors (Lipinski definition) is 7.